The quantitative estimate of drug-likeness (QED) is 0.403. The summed E-state index contributed by atoms with van der Waals surface area (Å²) < 4.78 is 17.5. The minimum Gasteiger partial charge on any atom is -0.493 e. The number of rotatable bonds is 7. The number of nitrogens with zero attached hydrogens (tertiary/aromatic N) is 1. The van der Waals surface area contributed by atoms with E-state index in [0.717, 1.165) is 16.6 Å². The van der Waals surface area contributed by atoms with E-state index in [9.17, 15) is 9.59 Å². The maximum Gasteiger partial charge on any atom is 0.305 e. The Bertz CT molecular complexity index is 1230. The number of hydrogen-bond acceptors (Lipinski definition) is 7. The Morgan fingerprint density at radius 2 is 1.84 bits per heavy atom. The van der Waals surface area contributed by atoms with E-state index in [1.807, 2.05) is 31.2 Å². The summed E-state index contributed by atoms with van der Waals surface area (Å²) >= 11 is 1.47. The topological polar surface area (TPSA) is 103 Å². The maximum absolute atomic E-state index is 12.4. The van der Waals surface area contributed by atoms with Gasteiger partial charge < -0.3 is 13.9 Å². The van der Waals surface area contributed by atoms with E-state index in [1.165, 1.54) is 24.5 Å². The van der Waals surface area contributed by atoms with Crippen LogP contribution in [0.4, 0.5) is 0 Å². The molecule has 4 aromatic rings. The summed E-state index contributed by atoms with van der Waals surface area (Å²) in [4.78, 5) is 29.4. The van der Waals surface area contributed by atoms with Crippen LogP contribution in [0.1, 0.15) is 34.3 Å². The van der Waals surface area contributed by atoms with Gasteiger partial charge in [0.1, 0.15) is 0 Å². The van der Waals surface area contributed by atoms with Crippen molar-refractivity contribution in [3.63, 3.8) is 0 Å². The van der Waals surface area contributed by atoms with Crippen LogP contribution in [0.3, 0.4) is 0 Å². The number of amides is 2. The fourth-order valence-electron chi connectivity index (χ4n) is 2.94. The van der Waals surface area contributed by atoms with Crippen molar-refractivity contribution < 1.29 is 23.5 Å². The standard InChI is InChI=1S/C23H21N3O5S/c1-3-12-30-16-9-8-14(13-19(16)29-2)21(27)25-26-22(28)17-10-11-18(31-17)23-24-15-6-4-5-7-20(15)32-23/h4-11,13H,3,12H2,1-2H3,(H,25,27)(H,26,28). The van der Waals surface area contributed by atoms with Gasteiger partial charge in [-0.2, -0.15) is 0 Å². The summed E-state index contributed by atoms with van der Waals surface area (Å²) in [5, 5.41) is 0.673. The zero-order valence-electron chi connectivity index (χ0n) is 17.5. The van der Waals surface area contributed by atoms with Gasteiger partial charge in [-0.1, -0.05) is 19.1 Å². The Kier molecular flexibility index (Phi) is 6.37. The molecular formula is C23H21N3O5S. The second-order valence-corrected chi connectivity index (χ2v) is 7.80. The van der Waals surface area contributed by atoms with Crippen molar-refractivity contribution in [1.82, 2.24) is 15.8 Å². The second kappa shape index (κ2) is 9.52. The van der Waals surface area contributed by atoms with Gasteiger partial charge in [0.05, 0.1) is 23.9 Å². The first-order chi connectivity index (χ1) is 15.6. The van der Waals surface area contributed by atoms with Crippen molar-refractivity contribution in [3.05, 3.63) is 65.9 Å². The van der Waals surface area contributed by atoms with E-state index in [1.54, 1.807) is 24.3 Å². The summed E-state index contributed by atoms with van der Waals surface area (Å²) in [7, 11) is 1.50. The number of hydrazine groups is 1. The Morgan fingerprint density at radius 3 is 2.62 bits per heavy atom. The fourth-order valence-corrected chi connectivity index (χ4v) is 3.87. The summed E-state index contributed by atoms with van der Waals surface area (Å²) in [5.74, 6) is 0.435. The molecule has 0 bridgehead atoms. The summed E-state index contributed by atoms with van der Waals surface area (Å²) in [6.07, 6.45) is 0.852. The molecule has 0 unspecified atom stereocenters. The lowest BCUT2D eigenvalue weighted by atomic mass is 10.2. The Morgan fingerprint density at radius 1 is 1.03 bits per heavy atom. The van der Waals surface area contributed by atoms with Gasteiger partial charge in [0, 0.05) is 5.56 Å². The van der Waals surface area contributed by atoms with Gasteiger partial charge in [0.2, 0.25) is 0 Å². The molecule has 0 aliphatic heterocycles. The molecule has 8 nitrogen and oxygen atoms in total. The molecule has 0 aliphatic carbocycles. The molecule has 0 saturated heterocycles. The predicted molar refractivity (Wildman–Crippen MR) is 121 cm³/mol. The van der Waals surface area contributed by atoms with Crippen LogP contribution in [0.25, 0.3) is 21.0 Å². The Hall–Kier alpha value is -3.85. The first-order valence-electron chi connectivity index (χ1n) is 9.96. The lowest BCUT2D eigenvalue weighted by Crippen LogP contribution is -2.41. The molecule has 2 heterocycles. The SMILES string of the molecule is CCCOc1ccc(C(=O)NNC(=O)c2ccc(-c3nc4ccccc4s3)o2)cc1OC. The second-order valence-electron chi connectivity index (χ2n) is 6.77. The molecule has 2 amide bonds. The molecule has 0 aliphatic rings. The normalized spacial score (nSPS) is 10.7. The van der Waals surface area contributed by atoms with Gasteiger partial charge in [-0.3, -0.25) is 20.4 Å². The van der Waals surface area contributed by atoms with E-state index < -0.39 is 11.8 Å². The first-order valence-corrected chi connectivity index (χ1v) is 10.8. The van der Waals surface area contributed by atoms with E-state index in [-0.39, 0.29) is 5.76 Å². The number of thiazole rings is 1. The van der Waals surface area contributed by atoms with Gasteiger partial charge in [-0.05, 0) is 48.9 Å². The van der Waals surface area contributed by atoms with Crippen LogP contribution in [-0.4, -0.2) is 30.5 Å². The van der Waals surface area contributed by atoms with Crippen molar-refractivity contribution >= 4 is 33.4 Å². The molecule has 2 aromatic heterocycles. The smallest absolute Gasteiger partial charge is 0.305 e. The molecule has 0 saturated carbocycles. The van der Waals surface area contributed by atoms with Crippen LogP contribution in [-0.2, 0) is 0 Å². The number of para-hydroxylation sites is 1. The largest absolute Gasteiger partial charge is 0.493 e. The number of furan rings is 1. The van der Waals surface area contributed by atoms with Gasteiger partial charge in [-0.15, -0.1) is 11.3 Å². The van der Waals surface area contributed by atoms with Crippen LogP contribution in [0.2, 0.25) is 0 Å². The number of benzene rings is 2. The summed E-state index contributed by atoms with van der Waals surface area (Å²) in [6, 6.07) is 15.7. The van der Waals surface area contributed by atoms with E-state index in [4.69, 9.17) is 13.9 Å². The average molecular weight is 452 g/mol. The number of ether oxygens (including phenoxy) is 2. The molecule has 0 atom stereocenters. The molecule has 2 N–H and O–H groups in total. The van der Waals surface area contributed by atoms with Crippen molar-refractivity contribution in [1.29, 1.82) is 0 Å². The van der Waals surface area contributed by atoms with Crippen molar-refractivity contribution in [3.8, 4) is 22.3 Å². The van der Waals surface area contributed by atoms with Gasteiger partial charge >= 0.3 is 5.91 Å². The molecule has 4 rings (SSSR count). The number of fused-ring (bicyclic) bond motifs is 1. The van der Waals surface area contributed by atoms with Gasteiger partial charge in [0.25, 0.3) is 5.91 Å². The van der Waals surface area contributed by atoms with Gasteiger partial charge in [0.15, 0.2) is 28.0 Å². The van der Waals surface area contributed by atoms with Crippen molar-refractivity contribution in [2.75, 3.05) is 13.7 Å². The van der Waals surface area contributed by atoms with Crippen LogP contribution in [0, 0.1) is 0 Å². The van der Waals surface area contributed by atoms with Crippen LogP contribution >= 0.6 is 11.3 Å². The highest BCUT2D eigenvalue weighted by Gasteiger charge is 2.17. The molecule has 2 aromatic carbocycles. The van der Waals surface area contributed by atoms with E-state index in [2.05, 4.69) is 15.8 Å². The number of carbonyl (C=O) groups excluding carboxylic acids is 2. The predicted octanol–water partition coefficient (Wildman–Crippen LogP) is 4.43. The maximum atomic E-state index is 12.4. The van der Waals surface area contributed by atoms with E-state index in [0.29, 0.717) is 34.4 Å². The fraction of sp³-hybridized carbons (Fsp3) is 0.174. The lowest BCUT2D eigenvalue weighted by Gasteiger charge is -2.12. The molecule has 32 heavy (non-hydrogen) atoms. The summed E-state index contributed by atoms with van der Waals surface area (Å²) in [5.41, 5.74) is 5.90. The highest BCUT2D eigenvalue weighted by atomic mass is 32.1. The number of aromatic nitrogens is 1. The molecule has 0 fully saturated rings. The molecule has 0 radical (unpaired) electrons. The average Bonchev–Trinajstić information content (AvgIpc) is 3.48. The zero-order valence-corrected chi connectivity index (χ0v) is 18.3. The molecule has 0 spiro atoms. The molecular weight excluding hydrogens is 430 g/mol. The third-order valence-corrected chi connectivity index (χ3v) is 5.56. The minimum absolute atomic E-state index is 0.0560. The number of methoxy groups -OCH3 is 1. The summed E-state index contributed by atoms with van der Waals surface area (Å²) in [6.45, 7) is 2.54. The van der Waals surface area contributed by atoms with Crippen molar-refractivity contribution in [2.24, 2.45) is 0 Å². The Balaban J connectivity index is 1.40. The first kappa shape index (κ1) is 21.4. The van der Waals surface area contributed by atoms with Crippen LogP contribution < -0.4 is 20.3 Å². The minimum atomic E-state index is -0.583. The highest BCUT2D eigenvalue weighted by molar-refractivity contribution is 7.21. The van der Waals surface area contributed by atoms with E-state index >= 15 is 0 Å². The number of hydrogen-bond donors (Lipinski definition) is 2. The lowest BCUT2D eigenvalue weighted by molar-refractivity contribution is 0.0831. The van der Waals surface area contributed by atoms with Crippen LogP contribution in [0.5, 0.6) is 11.5 Å². The van der Waals surface area contributed by atoms with Gasteiger partial charge in [-0.25, -0.2) is 4.98 Å². The third kappa shape index (κ3) is 4.57. The highest BCUT2D eigenvalue weighted by Crippen LogP contribution is 2.31. The number of carbonyl (C=O) groups is 2. The van der Waals surface area contributed by atoms with Crippen molar-refractivity contribution in [2.45, 2.75) is 13.3 Å². The molecule has 9 heteroatoms. The monoisotopic (exact) mass is 451 g/mol. The zero-order chi connectivity index (χ0) is 22.5. The third-order valence-electron chi connectivity index (χ3n) is 4.51. The van der Waals surface area contributed by atoms with Crippen LogP contribution in [0.15, 0.2) is 59.0 Å². The Labute approximate surface area is 188 Å². The molecule has 164 valence electrons. The number of nitrogens with one attached hydrogen (secondary N) is 2.